The van der Waals surface area contributed by atoms with Crippen LogP contribution >= 0.6 is 0 Å². The van der Waals surface area contributed by atoms with Gasteiger partial charge in [0.2, 0.25) is 0 Å². The van der Waals surface area contributed by atoms with Gasteiger partial charge in [-0.15, -0.1) is 0 Å². The number of nitrogens with zero attached hydrogens (tertiary/aromatic N) is 2. The first kappa shape index (κ1) is 37.2. The quantitative estimate of drug-likeness (QED) is 0.152. The van der Waals surface area contributed by atoms with Gasteiger partial charge in [-0.1, -0.05) is 103 Å². The minimum absolute atomic E-state index is 0.375. The Hall–Kier alpha value is -7.06. The van der Waals surface area contributed by atoms with Crippen LogP contribution in [0.4, 0.5) is 43.4 Å². The van der Waals surface area contributed by atoms with Gasteiger partial charge in [-0.3, -0.25) is 0 Å². The van der Waals surface area contributed by atoms with E-state index in [0.29, 0.717) is 39.1 Å². The fourth-order valence-electron chi connectivity index (χ4n) is 8.99. The van der Waals surface area contributed by atoms with E-state index in [-0.39, 0.29) is 0 Å². The summed E-state index contributed by atoms with van der Waals surface area (Å²) in [6.45, 7) is 0. The largest absolute Gasteiger partial charge is 0.416 e. The van der Waals surface area contributed by atoms with Crippen LogP contribution in [-0.4, -0.2) is 4.57 Å². The van der Waals surface area contributed by atoms with Crippen molar-refractivity contribution in [2.24, 2.45) is 5.92 Å². The van der Waals surface area contributed by atoms with Gasteiger partial charge in [0, 0.05) is 39.4 Å². The summed E-state index contributed by atoms with van der Waals surface area (Å²) >= 11 is 0. The van der Waals surface area contributed by atoms with Gasteiger partial charge in [-0.2, -0.15) is 26.3 Å². The minimum Gasteiger partial charge on any atom is -0.310 e. The highest BCUT2D eigenvalue weighted by Gasteiger charge is 2.35. The Morgan fingerprint density at radius 1 is 0.500 bits per heavy atom. The van der Waals surface area contributed by atoms with E-state index in [1.54, 1.807) is 12.1 Å². The predicted molar refractivity (Wildman–Crippen MR) is 228 cm³/mol. The molecule has 0 radical (unpaired) electrons. The van der Waals surface area contributed by atoms with Crippen molar-refractivity contribution in [2.45, 2.75) is 18.8 Å². The number of aromatic nitrogens is 1. The number of hydrogen-bond acceptors (Lipinski definition) is 1. The molecule has 0 amide bonds. The fourth-order valence-corrected chi connectivity index (χ4v) is 8.99. The van der Waals surface area contributed by atoms with Crippen LogP contribution in [0.2, 0.25) is 0 Å². The van der Waals surface area contributed by atoms with E-state index in [2.05, 4.69) is 45.9 Å². The van der Waals surface area contributed by atoms with E-state index in [1.165, 1.54) is 24.3 Å². The summed E-state index contributed by atoms with van der Waals surface area (Å²) in [5.74, 6) is -0.403. The zero-order valence-electron chi connectivity index (χ0n) is 31.8. The Morgan fingerprint density at radius 2 is 1.07 bits per heavy atom. The number of benzene rings is 7. The first-order chi connectivity index (χ1) is 29.0. The van der Waals surface area contributed by atoms with Crippen LogP contribution in [0.1, 0.15) is 28.7 Å². The Labute approximate surface area is 341 Å². The zero-order chi connectivity index (χ0) is 41.2. The summed E-state index contributed by atoms with van der Waals surface area (Å²) in [5, 5.41) is 3.59. The molecule has 1 aromatic heterocycles. The highest BCUT2D eigenvalue weighted by atomic mass is 19.4. The molecule has 0 N–H and O–H groups in total. The van der Waals surface area contributed by atoms with Crippen LogP contribution in [0.25, 0.3) is 38.6 Å². The van der Waals surface area contributed by atoms with E-state index in [4.69, 9.17) is 0 Å². The molecular formula is C52H34F6N2. The molecule has 1 unspecified atom stereocenters. The van der Waals surface area contributed by atoms with Gasteiger partial charge >= 0.3 is 12.4 Å². The third kappa shape index (κ3) is 6.40. The van der Waals surface area contributed by atoms with Crippen molar-refractivity contribution in [1.82, 2.24) is 4.57 Å². The molecule has 2 nitrogen and oxygen atoms in total. The molecule has 8 heteroatoms. The van der Waals surface area contributed by atoms with Gasteiger partial charge in [0.05, 0.1) is 22.2 Å². The molecule has 2 aliphatic rings. The van der Waals surface area contributed by atoms with Gasteiger partial charge in [0.15, 0.2) is 0 Å². The van der Waals surface area contributed by atoms with E-state index in [1.807, 2.05) is 103 Å². The van der Waals surface area contributed by atoms with E-state index < -0.39 is 29.4 Å². The minimum atomic E-state index is -4.58. The number of anilines is 3. The number of allylic oxidation sites excluding steroid dienone is 4. The molecule has 0 spiro atoms. The predicted octanol–water partition coefficient (Wildman–Crippen LogP) is 13.2. The first-order valence-electron chi connectivity index (χ1n) is 19.6. The lowest BCUT2D eigenvalue weighted by molar-refractivity contribution is -0.138. The third-order valence-corrected chi connectivity index (χ3v) is 11.6. The van der Waals surface area contributed by atoms with Crippen LogP contribution in [0.3, 0.4) is 0 Å². The van der Waals surface area contributed by atoms with Crippen LogP contribution in [0.5, 0.6) is 0 Å². The summed E-state index contributed by atoms with van der Waals surface area (Å²) in [6.07, 6.45) is -2.98. The molecule has 2 aliphatic carbocycles. The van der Waals surface area contributed by atoms with E-state index in [9.17, 15) is 26.3 Å². The summed E-state index contributed by atoms with van der Waals surface area (Å²) in [6, 6.07) is 51.1. The number of halogens is 6. The van der Waals surface area contributed by atoms with Crippen LogP contribution < -0.4 is 15.3 Å². The first-order valence-corrected chi connectivity index (χ1v) is 19.6. The van der Waals surface area contributed by atoms with Crippen molar-refractivity contribution in [3.05, 3.63) is 226 Å². The molecule has 0 bridgehead atoms. The molecular weight excluding hydrogens is 767 g/mol. The molecule has 1 atom stereocenters. The van der Waals surface area contributed by atoms with Crippen molar-refractivity contribution in [2.75, 3.05) is 4.90 Å². The molecule has 1 heterocycles. The number of rotatable bonds is 6. The zero-order valence-corrected chi connectivity index (χ0v) is 31.8. The lowest BCUT2D eigenvalue weighted by atomic mass is 9.72. The monoisotopic (exact) mass is 800 g/mol. The van der Waals surface area contributed by atoms with E-state index >= 15 is 0 Å². The van der Waals surface area contributed by atoms with Crippen LogP contribution in [-0.2, 0) is 12.4 Å². The lowest BCUT2D eigenvalue weighted by Crippen LogP contribution is -2.38. The smallest absolute Gasteiger partial charge is 0.310 e. The molecule has 60 heavy (non-hydrogen) atoms. The highest BCUT2D eigenvalue weighted by molar-refractivity contribution is 6.09. The maximum atomic E-state index is 14.3. The van der Waals surface area contributed by atoms with Crippen molar-refractivity contribution in [3.8, 4) is 5.69 Å². The Bertz CT molecular complexity index is 3100. The van der Waals surface area contributed by atoms with Crippen LogP contribution in [0, 0.1) is 5.92 Å². The summed E-state index contributed by atoms with van der Waals surface area (Å²) < 4.78 is 87.5. The van der Waals surface area contributed by atoms with E-state index in [0.717, 1.165) is 62.3 Å². The highest BCUT2D eigenvalue weighted by Crippen LogP contribution is 2.44. The Balaban J connectivity index is 1.23. The average Bonchev–Trinajstić information content (AvgIpc) is 3.60. The molecule has 0 saturated carbocycles. The molecule has 0 aliphatic heterocycles. The van der Waals surface area contributed by atoms with Gasteiger partial charge < -0.3 is 9.47 Å². The van der Waals surface area contributed by atoms with Crippen LogP contribution in [0.15, 0.2) is 194 Å². The topological polar surface area (TPSA) is 8.17 Å². The maximum absolute atomic E-state index is 14.3. The Morgan fingerprint density at radius 3 is 1.72 bits per heavy atom. The molecule has 0 saturated heterocycles. The van der Waals surface area contributed by atoms with Crippen molar-refractivity contribution in [1.29, 1.82) is 0 Å². The van der Waals surface area contributed by atoms with Crippen molar-refractivity contribution in [3.63, 3.8) is 0 Å². The number of fused-ring (bicyclic) bond motifs is 5. The molecule has 0 fully saturated rings. The number of hydrogen-bond donors (Lipinski definition) is 0. The van der Waals surface area contributed by atoms with Crippen molar-refractivity contribution >= 4 is 50.0 Å². The molecule has 294 valence electrons. The number of para-hydroxylation sites is 3. The summed E-state index contributed by atoms with van der Waals surface area (Å²) in [7, 11) is 0. The molecule has 10 rings (SSSR count). The fraction of sp³-hybridized carbons (Fsp3) is 0.0769. The Kier molecular flexibility index (Phi) is 8.90. The third-order valence-electron chi connectivity index (χ3n) is 11.6. The van der Waals surface area contributed by atoms with Crippen molar-refractivity contribution < 1.29 is 26.3 Å². The van der Waals surface area contributed by atoms with Gasteiger partial charge in [-0.05, 0) is 130 Å². The normalized spacial score (nSPS) is 15.2. The SMILES string of the molecule is FC(F)(F)c1cccc(C2=c3cc(N(c4ccccc4)c4ccc(-n5c6ccccc6c6ccccc65)cc4)ccc3=C(c3cccc(C(F)(F)F)c3)C3CC=CC=C23)c1. The van der Waals surface area contributed by atoms with Gasteiger partial charge in [0.1, 0.15) is 0 Å². The van der Waals surface area contributed by atoms with Gasteiger partial charge in [-0.25, -0.2) is 0 Å². The number of alkyl halides is 6. The second-order valence-electron chi connectivity index (χ2n) is 15.1. The molecule has 7 aromatic carbocycles. The van der Waals surface area contributed by atoms with Gasteiger partial charge in [0.25, 0.3) is 0 Å². The summed E-state index contributed by atoms with van der Waals surface area (Å²) in [5.41, 5.74) is 6.82. The standard InChI is InChI=1S/C52H34F6N2/c53-51(54,55)35-14-10-12-33(30-35)49-43-20-4-5-21-44(43)50(34-13-11-15-36(31-34)52(56,57)58)46-32-40(28-29-45(46)49)59(37-16-2-1-3-17-37)38-24-26-39(27-25-38)60-47-22-8-6-18-41(47)42-19-7-9-23-48(42)60/h1-19,21-32,43H,20H2. The second kappa shape index (κ2) is 14.3. The lowest BCUT2D eigenvalue weighted by Gasteiger charge is -2.32. The average molecular weight is 801 g/mol. The molecule has 8 aromatic rings. The maximum Gasteiger partial charge on any atom is 0.416 e. The second-order valence-corrected chi connectivity index (χ2v) is 15.1. The summed E-state index contributed by atoms with van der Waals surface area (Å²) in [4.78, 5) is 2.09.